The molecule has 0 aliphatic heterocycles. The Balaban J connectivity index is 2.57. The highest BCUT2D eigenvalue weighted by atomic mass is 79.9. The van der Waals surface area contributed by atoms with Crippen molar-refractivity contribution < 1.29 is 4.79 Å². The van der Waals surface area contributed by atoms with Crippen molar-refractivity contribution >= 4 is 49.4 Å². The van der Waals surface area contributed by atoms with Gasteiger partial charge in [0.1, 0.15) is 0 Å². The Bertz CT molecular complexity index is 449. The molecule has 0 radical (unpaired) electrons. The van der Waals surface area contributed by atoms with Crippen LogP contribution in [-0.2, 0) is 0 Å². The fraction of sp³-hybridized carbons (Fsp3) is 0.500. The largest absolute Gasteiger partial charge is 0.352 e. The van der Waals surface area contributed by atoms with Crippen molar-refractivity contribution in [2.24, 2.45) is 5.41 Å². The number of rotatable bonds is 6. The van der Waals surface area contributed by atoms with E-state index < -0.39 is 0 Å². The lowest BCUT2D eigenvalue weighted by Crippen LogP contribution is -2.34. The Labute approximate surface area is 136 Å². The zero-order valence-corrected chi connectivity index (χ0v) is 15.0. The average molecular weight is 412 g/mol. The average Bonchev–Trinajstić information content (AvgIpc) is 2.37. The minimum Gasteiger partial charge on any atom is -0.352 e. The van der Waals surface area contributed by atoms with Gasteiger partial charge in [-0.15, -0.1) is 0 Å². The minimum atomic E-state index is -0.0655. The van der Waals surface area contributed by atoms with Gasteiger partial charge in [0.25, 0.3) is 5.91 Å². The molecule has 0 aromatic heterocycles. The van der Waals surface area contributed by atoms with E-state index in [0.717, 1.165) is 22.6 Å². The van der Waals surface area contributed by atoms with E-state index in [1.54, 1.807) is 18.2 Å². The molecular formula is C14H18Br2ClNO. The summed E-state index contributed by atoms with van der Waals surface area (Å²) in [5.41, 5.74) is 0.722. The second-order valence-corrected chi connectivity index (χ2v) is 7.32. The van der Waals surface area contributed by atoms with Crippen LogP contribution >= 0.6 is 43.5 Å². The number of hydrogen-bond acceptors (Lipinski definition) is 1. The molecule has 0 atom stereocenters. The predicted molar refractivity (Wildman–Crippen MR) is 88.3 cm³/mol. The highest BCUT2D eigenvalue weighted by Crippen LogP contribution is 2.24. The molecule has 1 amide bonds. The van der Waals surface area contributed by atoms with Crippen LogP contribution in [0.15, 0.2) is 22.7 Å². The van der Waals surface area contributed by atoms with Crippen molar-refractivity contribution in [2.75, 3.05) is 11.9 Å². The van der Waals surface area contributed by atoms with Crippen molar-refractivity contribution in [3.8, 4) is 0 Å². The lowest BCUT2D eigenvalue weighted by atomic mass is 9.88. The minimum absolute atomic E-state index is 0.0655. The van der Waals surface area contributed by atoms with E-state index in [0.29, 0.717) is 17.1 Å². The van der Waals surface area contributed by atoms with Crippen LogP contribution in [-0.4, -0.2) is 17.8 Å². The van der Waals surface area contributed by atoms with E-state index in [2.05, 4.69) is 51.0 Å². The predicted octanol–water partition coefficient (Wildman–Crippen LogP) is 5.03. The molecule has 2 nitrogen and oxygen atoms in total. The highest BCUT2D eigenvalue weighted by molar-refractivity contribution is 9.10. The molecule has 5 heteroatoms. The molecule has 0 saturated carbocycles. The standard InChI is InChI=1S/C14H18Br2ClNO/c1-14(2,6-3-7-15)9-18-13(19)10-4-5-12(17)11(16)8-10/h4-5,8H,3,6-7,9H2,1-2H3,(H,18,19). The molecule has 0 heterocycles. The summed E-state index contributed by atoms with van der Waals surface area (Å²) in [4.78, 5) is 12.0. The smallest absolute Gasteiger partial charge is 0.251 e. The molecular weight excluding hydrogens is 393 g/mol. The van der Waals surface area contributed by atoms with Crippen LogP contribution in [0.3, 0.4) is 0 Å². The highest BCUT2D eigenvalue weighted by Gasteiger charge is 2.18. The quantitative estimate of drug-likeness (QED) is 0.654. The normalized spacial score (nSPS) is 11.4. The first-order valence-electron chi connectivity index (χ1n) is 6.15. The molecule has 19 heavy (non-hydrogen) atoms. The maximum absolute atomic E-state index is 12.0. The van der Waals surface area contributed by atoms with Crippen LogP contribution in [0.1, 0.15) is 37.0 Å². The van der Waals surface area contributed by atoms with E-state index in [9.17, 15) is 4.79 Å². The maximum atomic E-state index is 12.0. The Hall–Kier alpha value is -0.0600. The molecule has 0 saturated heterocycles. The summed E-state index contributed by atoms with van der Waals surface area (Å²) < 4.78 is 0.736. The first-order chi connectivity index (χ1) is 8.85. The van der Waals surface area contributed by atoms with Crippen LogP contribution < -0.4 is 5.32 Å². The number of hydrogen-bond donors (Lipinski definition) is 1. The summed E-state index contributed by atoms with van der Waals surface area (Å²) in [7, 11) is 0. The molecule has 1 aromatic rings. The van der Waals surface area contributed by atoms with E-state index in [-0.39, 0.29) is 11.3 Å². The number of halogens is 3. The van der Waals surface area contributed by atoms with Crippen molar-refractivity contribution in [1.82, 2.24) is 5.32 Å². The van der Waals surface area contributed by atoms with Gasteiger partial charge in [-0.1, -0.05) is 41.4 Å². The van der Waals surface area contributed by atoms with Crippen molar-refractivity contribution in [3.05, 3.63) is 33.3 Å². The van der Waals surface area contributed by atoms with Gasteiger partial charge in [-0.3, -0.25) is 4.79 Å². The first-order valence-corrected chi connectivity index (χ1v) is 8.44. The molecule has 0 unspecified atom stereocenters. The molecule has 0 spiro atoms. The number of benzene rings is 1. The van der Waals surface area contributed by atoms with Crippen molar-refractivity contribution in [3.63, 3.8) is 0 Å². The third-order valence-electron chi connectivity index (χ3n) is 2.90. The van der Waals surface area contributed by atoms with Gasteiger partial charge in [-0.05, 0) is 52.4 Å². The zero-order valence-electron chi connectivity index (χ0n) is 11.1. The molecule has 0 bridgehead atoms. The number of nitrogens with one attached hydrogen (secondary N) is 1. The number of carbonyl (C=O) groups excluding carboxylic acids is 1. The molecule has 0 aliphatic carbocycles. The monoisotopic (exact) mass is 409 g/mol. The number of amides is 1. The Kier molecular flexibility index (Phi) is 6.84. The summed E-state index contributed by atoms with van der Waals surface area (Å²) in [5, 5.41) is 4.58. The van der Waals surface area contributed by atoms with Gasteiger partial charge in [-0.2, -0.15) is 0 Å². The summed E-state index contributed by atoms with van der Waals surface area (Å²) >= 11 is 12.7. The Morgan fingerprint density at radius 3 is 2.68 bits per heavy atom. The lowest BCUT2D eigenvalue weighted by Gasteiger charge is -2.24. The fourth-order valence-electron chi connectivity index (χ4n) is 1.69. The number of alkyl halides is 1. The molecule has 0 aliphatic rings. The van der Waals surface area contributed by atoms with E-state index in [1.807, 2.05) is 0 Å². The summed E-state index contributed by atoms with van der Waals surface area (Å²) in [6.07, 6.45) is 2.18. The van der Waals surface area contributed by atoms with Gasteiger partial charge in [0.15, 0.2) is 0 Å². The van der Waals surface area contributed by atoms with Crippen LogP contribution in [0, 0.1) is 5.41 Å². The third-order valence-corrected chi connectivity index (χ3v) is 4.67. The summed E-state index contributed by atoms with van der Waals surface area (Å²) in [5.74, 6) is -0.0655. The maximum Gasteiger partial charge on any atom is 0.251 e. The Morgan fingerprint density at radius 2 is 2.11 bits per heavy atom. The van der Waals surface area contributed by atoms with Crippen LogP contribution in [0.5, 0.6) is 0 Å². The number of carbonyl (C=O) groups is 1. The van der Waals surface area contributed by atoms with Crippen molar-refractivity contribution in [2.45, 2.75) is 26.7 Å². The van der Waals surface area contributed by atoms with E-state index in [1.165, 1.54) is 0 Å². The van der Waals surface area contributed by atoms with Crippen LogP contribution in [0.25, 0.3) is 0 Å². The fourth-order valence-corrected chi connectivity index (χ4v) is 2.47. The lowest BCUT2D eigenvalue weighted by molar-refractivity contribution is 0.0934. The van der Waals surface area contributed by atoms with Gasteiger partial charge in [0, 0.05) is 21.9 Å². The van der Waals surface area contributed by atoms with Gasteiger partial charge < -0.3 is 5.32 Å². The second kappa shape index (κ2) is 7.65. The topological polar surface area (TPSA) is 29.1 Å². The molecule has 1 aromatic carbocycles. The van der Waals surface area contributed by atoms with Crippen molar-refractivity contribution in [1.29, 1.82) is 0 Å². The summed E-state index contributed by atoms with van der Waals surface area (Å²) in [6.45, 7) is 4.99. The van der Waals surface area contributed by atoms with Crippen LogP contribution in [0.4, 0.5) is 0 Å². The van der Waals surface area contributed by atoms with Gasteiger partial charge in [0.2, 0.25) is 0 Å². The molecule has 1 N–H and O–H groups in total. The third kappa shape index (κ3) is 5.84. The van der Waals surface area contributed by atoms with Gasteiger partial charge >= 0.3 is 0 Å². The van der Waals surface area contributed by atoms with E-state index >= 15 is 0 Å². The van der Waals surface area contributed by atoms with Gasteiger partial charge in [0.05, 0.1) is 5.02 Å². The van der Waals surface area contributed by atoms with E-state index in [4.69, 9.17) is 11.6 Å². The SMILES string of the molecule is CC(C)(CCCBr)CNC(=O)c1ccc(Cl)c(Br)c1. The second-order valence-electron chi connectivity index (χ2n) is 5.27. The van der Waals surface area contributed by atoms with Crippen LogP contribution in [0.2, 0.25) is 5.02 Å². The molecule has 0 fully saturated rings. The summed E-state index contributed by atoms with van der Waals surface area (Å²) in [6, 6.07) is 5.19. The van der Waals surface area contributed by atoms with Gasteiger partial charge in [-0.25, -0.2) is 0 Å². The first kappa shape index (κ1) is 17.0. The zero-order chi connectivity index (χ0) is 14.5. The molecule has 106 valence electrons. The Morgan fingerprint density at radius 1 is 1.42 bits per heavy atom. The molecule has 1 rings (SSSR count).